The Morgan fingerprint density at radius 1 is 1.14 bits per heavy atom. The van der Waals surface area contributed by atoms with Crippen LogP contribution in [0.1, 0.15) is 37.9 Å². The van der Waals surface area contributed by atoms with Gasteiger partial charge in [0.1, 0.15) is 5.82 Å². The Hall–Kier alpha value is -3.15. The lowest BCUT2D eigenvalue weighted by Gasteiger charge is -2.18. The molecule has 3 aromatic rings. The van der Waals surface area contributed by atoms with Crippen molar-refractivity contribution in [2.75, 3.05) is 13.1 Å². The van der Waals surface area contributed by atoms with Gasteiger partial charge in [0.25, 0.3) is 5.88 Å². The van der Waals surface area contributed by atoms with Crippen molar-refractivity contribution in [3.05, 3.63) is 71.7 Å². The first kappa shape index (κ1) is 19.6. The molecule has 146 valence electrons. The molecule has 5 nitrogen and oxygen atoms in total. The zero-order valence-corrected chi connectivity index (χ0v) is 16.4. The molecule has 0 aliphatic rings. The Morgan fingerprint density at radius 2 is 1.82 bits per heavy atom. The van der Waals surface area contributed by atoms with Gasteiger partial charge in [-0.3, -0.25) is 0 Å². The third kappa shape index (κ3) is 4.22. The molecule has 0 saturated carbocycles. The standard InChI is InChI=1S/C22H25FN4O/c1-4-27(5-2)22(24)25-21-14-20(26-28-21)15(3)16-10-12-17(13-11-16)18-8-6-7-9-19(18)23/h6-15H,4-5H2,1-3H3,(H2,24,25). The highest BCUT2D eigenvalue weighted by atomic mass is 19.1. The summed E-state index contributed by atoms with van der Waals surface area (Å²) in [6.07, 6.45) is 0. The summed E-state index contributed by atoms with van der Waals surface area (Å²) in [5.74, 6) is 0.578. The SMILES string of the molecule is CCN(CC)C(N)=Nc1cc(C(C)c2ccc(-c3ccccc3F)cc2)no1. The number of rotatable bonds is 6. The molecule has 0 saturated heterocycles. The van der Waals surface area contributed by atoms with Crippen molar-refractivity contribution in [3.63, 3.8) is 0 Å². The first-order chi connectivity index (χ1) is 13.5. The van der Waals surface area contributed by atoms with E-state index in [2.05, 4.69) is 10.1 Å². The Labute approximate surface area is 164 Å². The summed E-state index contributed by atoms with van der Waals surface area (Å²) in [6.45, 7) is 7.63. The molecule has 2 N–H and O–H groups in total. The minimum absolute atomic E-state index is 0.0112. The smallest absolute Gasteiger partial charge is 0.253 e. The van der Waals surface area contributed by atoms with Crippen LogP contribution >= 0.6 is 0 Å². The minimum atomic E-state index is -0.229. The first-order valence-electron chi connectivity index (χ1n) is 9.44. The topological polar surface area (TPSA) is 67.7 Å². The van der Waals surface area contributed by atoms with E-state index in [0.29, 0.717) is 17.4 Å². The van der Waals surface area contributed by atoms with E-state index in [1.54, 1.807) is 18.2 Å². The average molecular weight is 380 g/mol. The minimum Gasteiger partial charge on any atom is -0.369 e. The molecule has 28 heavy (non-hydrogen) atoms. The van der Waals surface area contributed by atoms with Gasteiger partial charge in [-0.05, 0) is 31.0 Å². The van der Waals surface area contributed by atoms with Crippen molar-refractivity contribution >= 4 is 11.8 Å². The maximum absolute atomic E-state index is 14.0. The number of aromatic nitrogens is 1. The third-order valence-corrected chi connectivity index (χ3v) is 4.87. The van der Waals surface area contributed by atoms with Gasteiger partial charge in [0, 0.05) is 30.6 Å². The zero-order chi connectivity index (χ0) is 20.1. The van der Waals surface area contributed by atoms with Gasteiger partial charge in [-0.2, -0.15) is 4.99 Å². The van der Waals surface area contributed by atoms with Crippen molar-refractivity contribution < 1.29 is 8.91 Å². The first-order valence-corrected chi connectivity index (χ1v) is 9.44. The summed E-state index contributed by atoms with van der Waals surface area (Å²) in [7, 11) is 0. The number of halogens is 1. The van der Waals surface area contributed by atoms with E-state index in [-0.39, 0.29) is 11.7 Å². The second-order valence-corrected chi connectivity index (χ2v) is 6.56. The number of benzene rings is 2. The summed E-state index contributed by atoms with van der Waals surface area (Å²) in [6, 6.07) is 16.4. The van der Waals surface area contributed by atoms with Gasteiger partial charge >= 0.3 is 0 Å². The van der Waals surface area contributed by atoms with Crippen LogP contribution in [-0.2, 0) is 0 Å². The van der Waals surface area contributed by atoms with Gasteiger partial charge in [-0.1, -0.05) is 54.5 Å². The van der Waals surface area contributed by atoms with E-state index in [1.807, 2.05) is 56.0 Å². The Morgan fingerprint density at radius 3 is 2.46 bits per heavy atom. The number of nitrogens with two attached hydrogens (primary N) is 1. The van der Waals surface area contributed by atoms with Crippen molar-refractivity contribution in [2.45, 2.75) is 26.7 Å². The van der Waals surface area contributed by atoms with Crippen molar-refractivity contribution in [1.82, 2.24) is 10.1 Å². The fourth-order valence-corrected chi connectivity index (χ4v) is 3.08. The van der Waals surface area contributed by atoms with E-state index >= 15 is 0 Å². The van der Waals surface area contributed by atoms with E-state index in [9.17, 15) is 4.39 Å². The second kappa shape index (κ2) is 8.69. The van der Waals surface area contributed by atoms with Gasteiger partial charge in [-0.25, -0.2) is 4.39 Å². The van der Waals surface area contributed by atoms with E-state index in [1.165, 1.54) is 6.07 Å². The molecule has 2 aromatic carbocycles. The van der Waals surface area contributed by atoms with Crippen LogP contribution in [0.4, 0.5) is 10.3 Å². The molecule has 6 heteroatoms. The molecule has 0 bridgehead atoms. The number of guanidine groups is 1. The second-order valence-electron chi connectivity index (χ2n) is 6.56. The van der Waals surface area contributed by atoms with Crippen LogP contribution in [0, 0.1) is 5.82 Å². The largest absolute Gasteiger partial charge is 0.369 e. The monoisotopic (exact) mass is 380 g/mol. The predicted molar refractivity (Wildman–Crippen MR) is 110 cm³/mol. The van der Waals surface area contributed by atoms with Gasteiger partial charge in [0.05, 0.1) is 5.69 Å². The highest BCUT2D eigenvalue weighted by Gasteiger charge is 2.15. The molecular formula is C22H25FN4O. The Balaban J connectivity index is 1.78. The number of hydrogen-bond donors (Lipinski definition) is 1. The maximum Gasteiger partial charge on any atom is 0.253 e. The molecule has 3 rings (SSSR count). The normalized spacial score (nSPS) is 12.8. The van der Waals surface area contributed by atoms with Crippen LogP contribution in [0.25, 0.3) is 11.1 Å². The van der Waals surface area contributed by atoms with Gasteiger partial charge < -0.3 is 15.2 Å². The highest BCUT2D eigenvalue weighted by molar-refractivity contribution is 5.80. The summed E-state index contributed by atoms with van der Waals surface area (Å²) in [5.41, 5.74) is 9.26. The van der Waals surface area contributed by atoms with Crippen LogP contribution in [0.2, 0.25) is 0 Å². The lowest BCUT2D eigenvalue weighted by atomic mass is 9.95. The Kier molecular flexibility index (Phi) is 6.09. The average Bonchev–Trinajstić information content (AvgIpc) is 3.17. The fourth-order valence-electron chi connectivity index (χ4n) is 3.08. The lowest BCUT2D eigenvalue weighted by molar-refractivity contribution is 0.415. The van der Waals surface area contributed by atoms with E-state index in [4.69, 9.17) is 10.3 Å². The zero-order valence-electron chi connectivity index (χ0n) is 16.4. The van der Waals surface area contributed by atoms with Crippen LogP contribution in [0.5, 0.6) is 0 Å². The van der Waals surface area contributed by atoms with Crippen LogP contribution in [0.15, 0.2) is 64.1 Å². The molecule has 1 atom stereocenters. The maximum atomic E-state index is 14.0. The molecule has 1 aromatic heterocycles. The molecule has 0 fully saturated rings. The predicted octanol–water partition coefficient (Wildman–Crippen LogP) is 4.92. The number of aliphatic imine (C=N–C) groups is 1. The summed E-state index contributed by atoms with van der Waals surface area (Å²) in [4.78, 5) is 6.25. The third-order valence-electron chi connectivity index (χ3n) is 4.87. The highest BCUT2D eigenvalue weighted by Crippen LogP contribution is 2.29. The molecule has 0 aliphatic carbocycles. The van der Waals surface area contributed by atoms with Gasteiger partial charge in [0.15, 0.2) is 5.96 Å². The van der Waals surface area contributed by atoms with Crippen LogP contribution in [0.3, 0.4) is 0 Å². The van der Waals surface area contributed by atoms with Gasteiger partial charge in [-0.15, -0.1) is 0 Å². The quantitative estimate of drug-likeness (QED) is 0.487. The summed E-state index contributed by atoms with van der Waals surface area (Å²) < 4.78 is 19.3. The molecule has 1 heterocycles. The van der Waals surface area contributed by atoms with E-state index < -0.39 is 0 Å². The molecule has 0 amide bonds. The lowest BCUT2D eigenvalue weighted by Crippen LogP contribution is -2.36. The molecule has 0 spiro atoms. The summed E-state index contributed by atoms with van der Waals surface area (Å²) >= 11 is 0. The number of hydrogen-bond acceptors (Lipinski definition) is 3. The number of nitrogens with zero attached hydrogens (tertiary/aromatic N) is 3. The van der Waals surface area contributed by atoms with Crippen molar-refractivity contribution in [3.8, 4) is 11.1 Å². The van der Waals surface area contributed by atoms with E-state index in [0.717, 1.165) is 29.9 Å². The van der Waals surface area contributed by atoms with Crippen molar-refractivity contribution in [2.24, 2.45) is 10.7 Å². The van der Waals surface area contributed by atoms with Crippen LogP contribution in [-0.4, -0.2) is 29.1 Å². The molecule has 0 radical (unpaired) electrons. The van der Waals surface area contributed by atoms with Crippen molar-refractivity contribution in [1.29, 1.82) is 0 Å². The molecule has 1 unspecified atom stereocenters. The molecule has 0 aliphatic heterocycles. The summed E-state index contributed by atoms with van der Waals surface area (Å²) in [5, 5.41) is 4.14. The van der Waals surface area contributed by atoms with Gasteiger partial charge in [0.2, 0.25) is 0 Å². The fraction of sp³-hybridized carbons (Fsp3) is 0.273. The Bertz CT molecular complexity index is 945. The van der Waals surface area contributed by atoms with Crippen LogP contribution < -0.4 is 5.73 Å². The molecular weight excluding hydrogens is 355 g/mol.